The topological polar surface area (TPSA) is 50.1 Å². The Morgan fingerprint density at radius 1 is 1.80 bits per heavy atom. The molecule has 0 N–H and O–H groups in total. The average molecular weight is 139 g/mol. The molecule has 0 fully saturated rings. The summed E-state index contributed by atoms with van der Waals surface area (Å²) in [5.74, 6) is -0.565. The molecule has 0 radical (unpaired) electrons. The zero-order valence-electron chi connectivity index (χ0n) is 6.05. The minimum Gasteiger partial charge on any atom is -0.465 e. The van der Waals surface area contributed by atoms with E-state index in [9.17, 15) is 4.79 Å². The third-order valence-electron chi connectivity index (χ3n) is 0.934. The van der Waals surface area contributed by atoms with Gasteiger partial charge >= 0.3 is 5.97 Å². The molecule has 0 atom stereocenters. The van der Waals surface area contributed by atoms with Crippen molar-refractivity contribution in [3.8, 4) is 6.07 Å². The van der Waals surface area contributed by atoms with Crippen molar-refractivity contribution in [2.24, 2.45) is 0 Å². The number of methoxy groups -OCH3 is 1. The van der Waals surface area contributed by atoms with Gasteiger partial charge in [0.15, 0.2) is 0 Å². The van der Waals surface area contributed by atoms with Gasteiger partial charge in [-0.2, -0.15) is 5.26 Å². The molecule has 0 saturated carbocycles. The highest BCUT2D eigenvalue weighted by Crippen LogP contribution is 1.96. The molecular weight excluding hydrogens is 130 g/mol. The fourth-order valence-electron chi connectivity index (χ4n) is 0.489. The number of hydrogen-bond acceptors (Lipinski definition) is 3. The predicted molar refractivity (Wildman–Crippen MR) is 36.0 cm³/mol. The third-order valence-corrected chi connectivity index (χ3v) is 0.934. The number of ether oxygens (including phenoxy) is 1. The Morgan fingerprint density at radius 2 is 2.40 bits per heavy atom. The van der Waals surface area contributed by atoms with E-state index >= 15 is 0 Å². The number of allylic oxidation sites excluding steroid dienone is 1. The highest BCUT2D eigenvalue weighted by atomic mass is 16.5. The third kappa shape index (κ3) is 2.31. The van der Waals surface area contributed by atoms with Gasteiger partial charge in [0.1, 0.15) is 11.6 Å². The van der Waals surface area contributed by atoms with Crippen LogP contribution in [0.4, 0.5) is 0 Å². The highest BCUT2D eigenvalue weighted by molar-refractivity contribution is 5.92. The van der Waals surface area contributed by atoms with Gasteiger partial charge in [-0.3, -0.25) is 0 Å². The van der Waals surface area contributed by atoms with E-state index in [1.807, 2.05) is 6.92 Å². The van der Waals surface area contributed by atoms with Gasteiger partial charge in [-0.1, -0.05) is 13.0 Å². The van der Waals surface area contributed by atoms with Gasteiger partial charge in [-0.15, -0.1) is 0 Å². The lowest BCUT2D eigenvalue weighted by molar-refractivity contribution is -0.135. The molecule has 10 heavy (non-hydrogen) atoms. The van der Waals surface area contributed by atoms with Crippen LogP contribution >= 0.6 is 0 Å². The van der Waals surface area contributed by atoms with Gasteiger partial charge in [0.25, 0.3) is 0 Å². The molecular formula is C7H9NO2. The van der Waals surface area contributed by atoms with Gasteiger partial charge in [0, 0.05) is 0 Å². The quantitative estimate of drug-likeness (QED) is 0.326. The lowest BCUT2D eigenvalue weighted by Crippen LogP contribution is -2.02. The Labute approximate surface area is 59.9 Å². The smallest absolute Gasteiger partial charge is 0.348 e. The molecule has 0 rings (SSSR count). The Hall–Kier alpha value is -1.30. The van der Waals surface area contributed by atoms with Crippen LogP contribution in [0.1, 0.15) is 13.3 Å². The molecule has 54 valence electrons. The standard InChI is InChI=1S/C7H9NO2/c1-3-4-6(5-8)7(9)10-2/h4H,3H2,1-2H3/b6-4+. The van der Waals surface area contributed by atoms with Crippen LogP contribution in [-0.4, -0.2) is 13.1 Å². The number of esters is 1. The summed E-state index contributed by atoms with van der Waals surface area (Å²) in [6.45, 7) is 1.85. The van der Waals surface area contributed by atoms with Crippen molar-refractivity contribution in [1.82, 2.24) is 0 Å². The van der Waals surface area contributed by atoms with E-state index in [-0.39, 0.29) is 5.57 Å². The fourth-order valence-corrected chi connectivity index (χ4v) is 0.489. The number of carbonyl (C=O) groups is 1. The van der Waals surface area contributed by atoms with E-state index in [4.69, 9.17) is 5.26 Å². The summed E-state index contributed by atoms with van der Waals surface area (Å²) in [4.78, 5) is 10.6. The summed E-state index contributed by atoms with van der Waals surface area (Å²) >= 11 is 0. The predicted octanol–water partition coefficient (Wildman–Crippen LogP) is 1.02. The van der Waals surface area contributed by atoms with Crippen LogP contribution in [-0.2, 0) is 9.53 Å². The molecule has 0 heterocycles. The van der Waals surface area contributed by atoms with Gasteiger partial charge in [0.2, 0.25) is 0 Å². The van der Waals surface area contributed by atoms with E-state index < -0.39 is 5.97 Å². The molecule has 0 aromatic carbocycles. The number of rotatable bonds is 2. The van der Waals surface area contributed by atoms with E-state index in [0.717, 1.165) is 0 Å². The van der Waals surface area contributed by atoms with Crippen molar-refractivity contribution in [2.75, 3.05) is 7.11 Å². The lowest BCUT2D eigenvalue weighted by Gasteiger charge is -1.92. The molecule has 0 aliphatic heterocycles. The lowest BCUT2D eigenvalue weighted by atomic mass is 10.2. The first-order valence-electron chi connectivity index (χ1n) is 2.94. The van der Waals surface area contributed by atoms with Crippen LogP contribution in [0.15, 0.2) is 11.6 Å². The zero-order chi connectivity index (χ0) is 7.98. The first kappa shape index (κ1) is 8.70. The Kier molecular flexibility index (Phi) is 3.97. The van der Waals surface area contributed by atoms with E-state index in [0.29, 0.717) is 6.42 Å². The zero-order valence-corrected chi connectivity index (χ0v) is 6.05. The van der Waals surface area contributed by atoms with Crippen LogP contribution in [0.2, 0.25) is 0 Å². The Balaban J connectivity index is 4.25. The number of carbonyl (C=O) groups excluding carboxylic acids is 1. The van der Waals surface area contributed by atoms with Crippen molar-refractivity contribution in [2.45, 2.75) is 13.3 Å². The largest absolute Gasteiger partial charge is 0.465 e. The number of hydrogen-bond donors (Lipinski definition) is 0. The van der Waals surface area contributed by atoms with Gasteiger partial charge in [-0.05, 0) is 6.42 Å². The molecule has 0 amide bonds. The van der Waals surface area contributed by atoms with Crippen LogP contribution in [0.3, 0.4) is 0 Å². The molecule has 3 heteroatoms. The van der Waals surface area contributed by atoms with E-state index in [1.54, 1.807) is 6.07 Å². The maximum atomic E-state index is 10.6. The summed E-state index contributed by atoms with van der Waals surface area (Å²) in [7, 11) is 1.25. The van der Waals surface area contributed by atoms with Gasteiger partial charge < -0.3 is 4.74 Å². The van der Waals surface area contributed by atoms with Crippen LogP contribution < -0.4 is 0 Å². The molecule has 0 bridgehead atoms. The molecule has 0 aromatic heterocycles. The number of nitrogens with zero attached hydrogens (tertiary/aromatic N) is 1. The van der Waals surface area contributed by atoms with Crippen molar-refractivity contribution < 1.29 is 9.53 Å². The van der Waals surface area contributed by atoms with Crippen LogP contribution in [0, 0.1) is 11.3 Å². The summed E-state index contributed by atoms with van der Waals surface area (Å²) in [6.07, 6.45) is 2.20. The molecule has 0 aromatic rings. The monoisotopic (exact) mass is 139 g/mol. The van der Waals surface area contributed by atoms with Crippen molar-refractivity contribution in [3.05, 3.63) is 11.6 Å². The van der Waals surface area contributed by atoms with Crippen LogP contribution in [0.25, 0.3) is 0 Å². The van der Waals surface area contributed by atoms with Gasteiger partial charge in [0.05, 0.1) is 7.11 Å². The molecule has 0 aliphatic rings. The normalized spacial score (nSPS) is 10.3. The minimum absolute atomic E-state index is 0.0741. The molecule has 0 aliphatic carbocycles. The second kappa shape index (κ2) is 4.57. The second-order valence-corrected chi connectivity index (χ2v) is 1.63. The molecule has 0 saturated heterocycles. The number of nitriles is 1. The van der Waals surface area contributed by atoms with Crippen molar-refractivity contribution in [1.29, 1.82) is 5.26 Å². The summed E-state index contributed by atoms with van der Waals surface area (Å²) < 4.78 is 4.33. The first-order chi connectivity index (χ1) is 4.76. The molecule has 0 unspecified atom stereocenters. The van der Waals surface area contributed by atoms with E-state index in [1.165, 1.54) is 13.2 Å². The Morgan fingerprint density at radius 3 is 2.70 bits per heavy atom. The summed E-state index contributed by atoms with van der Waals surface area (Å²) in [5.41, 5.74) is 0.0741. The first-order valence-corrected chi connectivity index (χ1v) is 2.94. The minimum atomic E-state index is -0.565. The summed E-state index contributed by atoms with van der Waals surface area (Å²) in [5, 5.41) is 8.34. The highest BCUT2D eigenvalue weighted by Gasteiger charge is 2.05. The maximum Gasteiger partial charge on any atom is 0.348 e. The molecule has 3 nitrogen and oxygen atoms in total. The van der Waals surface area contributed by atoms with Gasteiger partial charge in [-0.25, -0.2) is 4.79 Å². The second-order valence-electron chi connectivity index (χ2n) is 1.63. The fraction of sp³-hybridized carbons (Fsp3) is 0.429. The Bertz CT molecular complexity index is 188. The molecule has 0 spiro atoms. The summed E-state index contributed by atoms with van der Waals surface area (Å²) in [6, 6.07) is 1.74. The van der Waals surface area contributed by atoms with Crippen molar-refractivity contribution in [3.63, 3.8) is 0 Å². The maximum absolute atomic E-state index is 10.6. The average Bonchev–Trinajstić information content (AvgIpc) is 1.99. The van der Waals surface area contributed by atoms with E-state index in [2.05, 4.69) is 4.74 Å². The SMILES string of the molecule is CC/C=C(\C#N)C(=O)OC. The van der Waals surface area contributed by atoms with Crippen LogP contribution in [0.5, 0.6) is 0 Å². The van der Waals surface area contributed by atoms with Crippen molar-refractivity contribution >= 4 is 5.97 Å².